The van der Waals surface area contributed by atoms with E-state index in [-0.39, 0.29) is 11.7 Å². The van der Waals surface area contributed by atoms with Crippen LogP contribution in [0.15, 0.2) is 36.5 Å². The molecule has 2 aromatic rings. The van der Waals surface area contributed by atoms with Crippen LogP contribution in [0.3, 0.4) is 0 Å². The van der Waals surface area contributed by atoms with Gasteiger partial charge in [-0.15, -0.1) is 0 Å². The summed E-state index contributed by atoms with van der Waals surface area (Å²) in [4.78, 5) is 18.2. The van der Waals surface area contributed by atoms with E-state index >= 15 is 0 Å². The quantitative estimate of drug-likeness (QED) is 0.846. The number of pyridine rings is 1. The van der Waals surface area contributed by atoms with E-state index in [1.807, 2.05) is 12.1 Å². The summed E-state index contributed by atoms with van der Waals surface area (Å²) in [6, 6.07) is 8.61. The van der Waals surface area contributed by atoms with E-state index in [4.69, 9.17) is 0 Å². The van der Waals surface area contributed by atoms with Gasteiger partial charge in [0, 0.05) is 18.8 Å². The summed E-state index contributed by atoms with van der Waals surface area (Å²) >= 11 is 0. The Morgan fingerprint density at radius 3 is 2.43 bits per heavy atom. The van der Waals surface area contributed by atoms with E-state index in [0.717, 1.165) is 5.69 Å². The molecule has 0 bridgehead atoms. The van der Waals surface area contributed by atoms with Gasteiger partial charge >= 0.3 is 6.61 Å². The van der Waals surface area contributed by atoms with E-state index in [9.17, 15) is 13.6 Å². The third-order valence-electron chi connectivity index (χ3n) is 3.39. The van der Waals surface area contributed by atoms with Crippen molar-refractivity contribution in [2.45, 2.75) is 27.0 Å². The van der Waals surface area contributed by atoms with Gasteiger partial charge in [0.15, 0.2) is 0 Å². The first-order valence-electron chi connectivity index (χ1n) is 7.10. The van der Waals surface area contributed by atoms with E-state index < -0.39 is 6.61 Å². The van der Waals surface area contributed by atoms with Crippen LogP contribution in [0.2, 0.25) is 0 Å². The van der Waals surface area contributed by atoms with Crippen molar-refractivity contribution < 1.29 is 18.3 Å². The second kappa shape index (κ2) is 7.17. The summed E-state index contributed by atoms with van der Waals surface area (Å²) in [5.74, 6) is -0.0885. The van der Waals surface area contributed by atoms with Gasteiger partial charge < -0.3 is 9.64 Å². The molecule has 0 spiro atoms. The van der Waals surface area contributed by atoms with Crippen molar-refractivity contribution >= 4 is 5.91 Å². The maximum Gasteiger partial charge on any atom is 0.387 e. The Balaban J connectivity index is 2.19. The van der Waals surface area contributed by atoms with Crippen LogP contribution in [0.25, 0.3) is 0 Å². The number of amides is 1. The van der Waals surface area contributed by atoms with E-state index in [2.05, 4.69) is 9.72 Å². The number of halogens is 2. The van der Waals surface area contributed by atoms with Crippen LogP contribution >= 0.6 is 0 Å². The molecule has 1 aromatic carbocycles. The number of hydrogen-bond acceptors (Lipinski definition) is 3. The van der Waals surface area contributed by atoms with Crippen LogP contribution in [0, 0.1) is 13.8 Å². The zero-order valence-corrected chi connectivity index (χ0v) is 13.2. The van der Waals surface area contributed by atoms with Crippen LogP contribution in [-0.2, 0) is 6.54 Å². The van der Waals surface area contributed by atoms with Gasteiger partial charge in [0.25, 0.3) is 5.91 Å². The van der Waals surface area contributed by atoms with Gasteiger partial charge in [-0.1, -0.05) is 6.07 Å². The van der Waals surface area contributed by atoms with Crippen LogP contribution in [0.4, 0.5) is 8.78 Å². The van der Waals surface area contributed by atoms with Crippen molar-refractivity contribution in [3.8, 4) is 5.75 Å². The highest BCUT2D eigenvalue weighted by Gasteiger charge is 2.17. The molecule has 1 aromatic heterocycles. The minimum atomic E-state index is -2.89. The van der Waals surface area contributed by atoms with Crippen molar-refractivity contribution in [3.05, 3.63) is 58.9 Å². The number of rotatable bonds is 5. The molecule has 0 saturated carbocycles. The zero-order valence-electron chi connectivity index (χ0n) is 13.2. The first-order chi connectivity index (χ1) is 10.9. The minimum absolute atomic E-state index is 0.115. The van der Waals surface area contributed by atoms with Crippen molar-refractivity contribution in [1.29, 1.82) is 0 Å². The molecule has 0 aliphatic heterocycles. The van der Waals surface area contributed by atoms with E-state index in [0.29, 0.717) is 23.2 Å². The van der Waals surface area contributed by atoms with Gasteiger partial charge in [-0.25, -0.2) is 0 Å². The second-order valence-corrected chi connectivity index (χ2v) is 5.30. The second-order valence-electron chi connectivity index (χ2n) is 5.30. The highest BCUT2D eigenvalue weighted by atomic mass is 19.3. The fourth-order valence-corrected chi connectivity index (χ4v) is 2.38. The summed E-state index contributed by atoms with van der Waals surface area (Å²) in [7, 11) is 1.67. The Morgan fingerprint density at radius 1 is 1.26 bits per heavy atom. The van der Waals surface area contributed by atoms with Crippen molar-refractivity contribution in [2.75, 3.05) is 7.05 Å². The molecule has 23 heavy (non-hydrogen) atoms. The lowest BCUT2D eigenvalue weighted by Crippen LogP contribution is -2.26. The third-order valence-corrected chi connectivity index (χ3v) is 3.39. The fraction of sp³-hybridized carbons (Fsp3) is 0.294. The lowest BCUT2D eigenvalue weighted by molar-refractivity contribution is -0.0507. The molecule has 1 heterocycles. The molecule has 0 fully saturated rings. The molecule has 0 saturated heterocycles. The van der Waals surface area contributed by atoms with Crippen LogP contribution in [-0.4, -0.2) is 29.5 Å². The SMILES string of the molecule is Cc1cc(C(=O)N(C)Cc2ccccn2)cc(C)c1OC(F)F. The largest absolute Gasteiger partial charge is 0.434 e. The number of carbonyl (C=O) groups is 1. The van der Waals surface area contributed by atoms with Crippen molar-refractivity contribution in [3.63, 3.8) is 0 Å². The predicted octanol–water partition coefficient (Wildman–Crippen LogP) is 3.57. The van der Waals surface area contributed by atoms with Gasteiger partial charge in [-0.05, 0) is 49.2 Å². The lowest BCUT2D eigenvalue weighted by atomic mass is 10.0. The molecule has 4 nitrogen and oxygen atoms in total. The Hall–Kier alpha value is -2.50. The summed E-state index contributed by atoms with van der Waals surface area (Å²) in [6.07, 6.45) is 1.67. The Labute approximate surface area is 133 Å². The van der Waals surface area contributed by atoms with Crippen LogP contribution in [0.5, 0.6) is 5.75 Å². The molecule has 122 valence electrons. The molecule has 0 radical (unpaired) electrons. The highest BCUT2D eigenvalue weighted by molar-refractivity contribution is 5.94. The lowest BCUT2D eigenvalue weighted by Gasteiger charge is -2.19. The number of aryl methyl sites for hydroxylation is 2. The Kier molecular flexibility index (Phi) is 5.26. The average molecular weight is 320 g/mol. The van der Waals surface area contributed by atoms with Gasteiger partial charge in [0.1, 0.15) is 5.75 Å². The number of nitrogens with zero attached hydrogens (tertiary/aromatic N) is 2. The zero-order chi connectivity index (χ0) is 17.0. The predicted molar refractivity (Wildman–Crippen MR) is 82.6 cm³/mol. The molecule has 0 N–H and O–H groups in total. The molecule has 2 rings (SSSR count). The van der Waals surface area contributed by atoms with Gasteiger partial charge in [0.05, 0.1) is 12.2 Å². The Bertz CT molecular complexity index is 667. The number of benzene rings is 1. The molecule has 6 heteroatoms. The number of aromatic nitrogens is 1. The molecule has 0 atom stereocenters. The molecule has 0 aliphatic carbocycles. The molecular formula is C17H18F2N2O2. The number of ether oxygens (including phenoxy) is 1. The van der Waals surface area contributed by atoms with Gasteiger partial charge in [-0.3, -0.25) is 9.78 Å². The van der Waals surface area contributed by atoms with Gasteiger partial charge in [-0.2, -0.15) is 8.78 Å². The summed E-state index contributed by atoms with van der Waals surface area (Å²) in [5, 5.41) is 0. The normalized spacial score (nSPS) is 10.7. The number of carbonyl (C=O) groups excluding carboxylic acids is 1. The topological polar surface area (TPSA) is 42.4 Å². The minimum Gasteiger partial charge on any atom is -0.434 e. The van der Waals surface area contributed by atoms with Crippen molar-refractivity contribution in [2.24, 2.45) is 0 Å². The maximum atomic E-state index is 12.5. The molecule has 1 amide bonds. The van der Waals surface area contributed by atoms with Crippen LogP contribution in [0.1, 0.15) is 27.2 Å². The number of alkyl halides is 2. The molecule has 0 unspecified atom stereocenters. The first-order valence-corrected chi connectivity index (χ1v) is 7.10. The van der Waals surface area contributed by atoms with Gasteiger partial charge in [0.2, 0.25) is 0 Å². The smallest absolute Gasteiger partial charge is 0.387 e. The molecular weight excluding hydrogens is 302 g/mol. The monoisotopic (exact) mass is 320 g/mol. The van der Waals surface area contributed by atoms with E-state index in [1.54, 1.807) is 45.3 Å². The fourth-order valence-electron chi connectivity index (χ4n) is 2.38. The van der Waals surface area contributed by atoms with Crippen LogP contribution < -0.4 is 4.74 Å². The third kappa shape index (κ3) is 4.25. The first kappa shape index (κ1) is 16.9. The summed E-state index contributed by atoms with van der Waals surface area (Å²) in [5.41, 5.74) is 2.20. The highest BCUT2D eigenvalue weighted by Crippen LogP contribution is 2.27. The van der Waals surface area contributed by atoms with E-state index in [1.165, 1.54) is 4.90 Å². The average Bonchev–Trinajstić information content (AvgIpc) is 2.50. The standard InChI is InChI=1S/C17H18F2N2O2/c1-11-8-13(9-12(2)15(11)23-17(18)19)16(22)21(3)10-14-6-4-5-7-20-14/h4-9,17H,10H2,1-3H3. The maximum absolute atomic E-state index is 12.5. The molecule has 0 aliphatic rings. The summed E-state index contributed by atoms with van der Waals surface area (Å²) < 4.78 is 29.3. The van der Waals surface area contributed by atoms with Crippen molar-refractivity contribution in [1.82, 2.24) is 9.88 Å². The Morgan fingerprint density at radius 2 is 1.91 bits per heavy atom. The number of hydrogen-bond donors (Lipinski definition) is 0. The summed E-state index contributed by atoms with van der Waals surface area (Å²) in [6.45, 7) is 0.758.